The lowest BCUT2D eigenvalue weighted by atomic mass is 9.91. The summed E-state index contributed by atoms with van der Waals surface area (Å²) in [7, 11) is 1.62. The molecule has 0 N–H and O–H groups in total. The number of hydrogen-bond acceptors (Lipinski definition) is 7. The van der Waals surface area contributed by atoms with E-state index in [0.29, 0.717) is 5.88 Å². The van der Waals surface area contributed by atoms with E-state index in [0.717, 1.165) is 46.8 Å². The van der Waals surface area contributed by atoms with Gasteiger partial charge in [0, 0.05) is 54.1 Å². The lowest BCUT2D eigenvalue weighted by Crippen LogP contribution is -2.46. The number of fused-ring (bicyclic) bond motifs is 1. The van der Waals surface area contributed by atoms with Crippen LogP contribution in [0.15, 0.2) is 61.3 Å². The van der Waals surface area contributed by atoms with Gasteiger partial charge in [0.15, 0.2) is 0 Å². The van der Waals surface area contributed by atoms with E-state index in [-0.39, 0.29) is 5.92 Å². The SMILES string of the molecule is COc1ncccc1-c1cncnc1C1CN(c2ncc3ccccc3n2)C1. The van der Waals surface area contributed by atoms with E-state index in [2.05, 4.69) is 29.8 Å². The summed E-state index contributed by atoms with van der Waals surface area (Å²) in [4.78, 5) is 24.5. The van der Waals surface area contributed by atoms with Crippen LogP contribution in [0.5, 0.6) is 5.88 Å². The summed E-state index contributed by atoms with van der Waals surface area (Å²) in [6, 6.07) is 11.9. The Hall–Kier alpha value is -3.61. The molecule has 4 aromatic rings. The zero-order chi connectivity index (χ0) is 18.9. The Morgan fingerprint density at radius 2 is 1.86 bits per heavy atom. The minimum Gasteiger partial charge on any atom is -0.481 e. The Kier molecular flexibility index (Phi) is 4.05. The van der Waals surface area contributed by atoms with Crippen LogP contribution in [0.3, 0.4) is 0 Å². The lowest BCUT2D eigenvalue weighted by molar-refractivity contribution is 0.399. The van der Waals surface area contributed by atoms with Gasteiger partial charge in [0.1, 0.15) is 6.33 Å². The molecule has 1 aliphatic rings. The van der Waals surface area contributed by atoms with Crippen LogP contribution < -0.4 is 9.64 Å². The van der Waals surface area contributed by atoms with Gasteiger partial charge in [-0.1, -0.05) is 18.2 Å². The molecule has 7 nitrogen and oxygen atoms in total. The van der Waals surface area contributed by atoms with Crippen LogP contribution in [0.25, 0.3) is 22.0 Å². The summed E-state index contributed by atoms with van der Waals surface area (Å²) in [6.07, 6.45) is 7.02. The first-order valence-electron chi connectivity index (χ1n) is 9.09. The zero-order valence-electron chi connectivity index (χ0n) is 15.4. The van der Waals surface area contributed by atoms with Crippen LogP contribution in [-0.4, -0.2) is 45.1 Å². The maximum Gasteiger partial charge on any atom is 0.225 e. The quantitative estimate of drug-likeness (QED) is 0.546. The number of aromatic nitrogens is 5. The molecular weight excluding hydrogens is 352 g/mol. The smallest absolute Gasteiger partial charge is 0.225 e. The highest BCUT2D eigenvalue weighted by Gasteiger charge is 2.33. The van der Waals surface area contributed by atoms with Gasteiger partial charge < -0.3 is 9.64 Å². The van der Waals surface area contributed by atoms with Crippen molar-refractivity contribution in [3.63, 3.8) is 0 Å². The highest BCUT2D eigenvalue weighted by Crippen LogP contribution is 2.36. The van der Waals surface area contributed by atoms with E-state index in [4.69, 9.17) is 4.74 Å². The topological polar surface area (TPSA) is 76.9 Å². The van der Waals surface area contributed by atoms with Crippen LogP contribution in [-0.2, 0) is 0 Å². The summed E-state index contributed by atoms with van der Waals surface area (Å²) in [6.45, 7) is 1.62. The zero-order valence-corrected chi connectivity index (χ0v) is 15.4. The number of rotatable bonds is 4. The van der Waals surface area contributed by atoms with Crippen LogP contribution in [0.4, 0.5) is 5.95 Å². The van der Waals surface area contributed by atoms with Crippen molar-refractivity contribution >= 4 is 16.9 Å². The maximum atomic E-state index is 5.42. The average molecular weight is 370 g/mol. The van der Waals surface area contributed by atoms with Gasteiger partial charge in [0.05, 0.1) is 18.3 Å². The second kappa shape index (κ2) is 6.84. The first-order chi connectivity index (χ1) is 13.8. The fourth-order valence-corrected chi connectivity index (χ4v) is 3.56. The average Bonchev–Trinajstić information content (AvgIpc) is 2.73. The highest BCUT2D eigenvalue weighted by molar-refractivity contribution is 5.78. The van der Waals surface area contributed by atoms with Crippen LogP contribution in [0.2, 0.25) is 0 Å². The standard InChI is InChI=1S/C21H18N6O/c1-28-20-16(6-4-8-23-20)17-10-22-13-25-19(17)15-11-27(12-15)21-24-9-14-5-2-3-7-18(14)26-21/h2-10,13,15H,11-12H2,1H3. The first kappa shape index (κ1) is 16.6. The van der Waals surface area contributed by atoms with Gasteiger partial charge in [-0.15, -0.1) is 0 Å². The molecular formula is C21H18N6O. The molecule has 1 fully saturated rings. The van der Waals surface area contributed by atoms with Gasteiger partial charge in [0.2, 0.25) is 11.8 Å². The van der Waals surface area contributed by atoms with Gasteiger partial charge in [0.25, 0.3) is 0 Å². The molecule has 0 saturated carbocycles. The molecule has 3 aromatic heterocycles. The molecule has 5 rings (SSSR count). The van der Waals surface area contributed by atoms with Gasteiger partial charge in [-0.25, -0.2) is 24.9 Å². The molecule has 1 saturated heterocycles. The van der Waals surface area contributed by atoms with Gasteiger partial charge in [-0.3, -0.25) is 0 Å². The van der Waals surface area contributed by atoms with E-state index in [9.17, 15) is 0 Å². The van der Waals surface area contributed by atoms with Crippen molar-refractivity contribution in [3.8, 4) is 17.0 Å². The Bertz CT molecular complexity index is 1140. The molecule has 1 aromatic carbocycles. The number of nitrogens with zero attached hydrogens (tertiary/aromatic N) is 6. The minimum absolute atomic E-state index is 0.276. The second-order valence-corrected chi connectivity index (χ2v) is 6.71. The number of anilines is 1. The van der Waals surface area contributed by atoms with Crippen molar-refractivity contribution in [2.75, 3.05) is 25.1 Å². The first-order valence-corrected chi connectivity index (χ1v) is 9.09. The molecule has 7 heteroatoms. The Morgan fingerprint density at radius 3 is 2.75 bits per heavy atom. The third-order valence-electron chi connectivity index (χ3n) is 5.03. The third kappa shape index (κ3) is 2.81. The van der Waals surface area contributed by atoms with Gasteiger partial charge in [-0.2, -0.15) is 0 Å². The van der Waals surface area contributed by atoms with Crippen molar-refractivity contribution < 1.29 is 4.74 Å². The largest absolute Gasteiger partial charge is 0.481 e. The fourth-order valence-electron chi connectivity index (χ4n) is 3.56. The van der Waals surface area contributed by atoms with Crippen molar-refractivity contribution in [2.45, 2.75) is 5.92 Å². The van der Waals surface area contributed by atoms with Gasteiger partial charge in [-0.05, 0) is 18.2 Å². The summed E-state index contributed by atoms with van der Waals surface area (Å²) in [5.74, 6) is 1.61. The van der Waals surface area contributed by atoms with E-state index >= 15 is 0 Å². The molecule has 4 heterocycles. The molecule has 0 unspecified atom stereocenters. The number of ether oxygens (including phenoxy) is 1. The summed E-state index contributed by atoms with van der Waals surface area (Å²) in [5, 5.41) is 1.05. The predicted molar refractivity (Wildman–Crippen MR) is 106 cm³/mol. The van der Waals surface area contributed by atoms with Crippen LogP contribution in [0.1, 0.15) is 11.6 Å². The number of methoxy groups -OCH3 is 1. The number of benzene rings is 1. The van der Waals surface area contributed by atoms with Crippen molar-refractivity contribution in [1.29, 1.82) is 0 Å². The predicted octanol–water partition coefficient (Wildman–Crippen LogP) is 3.09. The van der Waals surface area contributed by atoms with Crippen LogP contribution in [0, 0.1) is 0 Å². The number of pyridine rings is 1. The maximum absolute atomic E-state index is 5.42. The van der Waals surface area contributed by atoms with Crippen molar-refractivity contribution in [2.24, 2.45) is 0 Å². The van der Waals surface area contributed by atoms with E-state index in [1.807, 2.05) is 48.8 Å². The lowest BCUT2D eigenvalue weighted by Gasteiger charge is -2.39. The molecule has 0 aliphatic carbocycles. The molecule has 0 radical (unpaired) electrons. The fraction of sp³-hybridized carbons (Fsp3) is 0.190. The van der Waals surface area contributed by atoms with E-state index in [1.165, 1.54) is 0 Å². The minimum atomic E-state index is 0.276. The molecule has 28 heavy (non-hydrogen) atoms. The van der Waals surface area contributed by atoms with Crippen molar-refractivity contribution in [3.05, 3.63) is 67.0 Å². The second-order valence-electron chi connectivity index (χ2n) is 6.71. The van der Waals surface area contributed by atoms with E-state index in [1.54, 1.807) is 19.6 Å². The summed E-state index contributed by atoms with van der Waals surface area (Å²) >= 11 is 0. The molecule has 0 bridgehead atoms. The molecule has 0 spiro atoms. The highest BCUT2D eigenvalue weighted by atomic mass is 16.5. The Labute approximate surface area is 162 Å². The number of para-hydroxylation sites is 1. The normalized spacial score (nSPS) is 14.1. The third-order valence-corrected chi connectivity index (χ3v) is 5.03. The number of hydrogen-bond donors (Lipinski definition) is 0. The molecule has 1 aliphatic heterocycles. The van der Waals surface area contributed by atoms with E-state index < -0.39 is 0 Å². The summed E-state index contributed by atoms with van der Waals surface area (Å²) in [5.41, 5.74) is 3.81. The molecule has 0 atom stereocenters. The summed E-state index contributed by atoms with van der Waals surface area (Å²) < 4.78 is 5.42. The van der Waals surface area contributed by atoms with Crippen molar-refractivity contribution in [1.82, 2.24) is 24.9 Å². The van der Waals surface area contributed by atoms with Gasteiger partial charge >= 0.3 is 0 Å². The molecule has 0 amide bonds. The van der Waals surface area contributed by atoms with Crippen LogP contribution >= 0.6 is 0 Å². The monoisotopic (exact) mass is 370 g/mol. The Morgan fingerprint density at radius 1 is 0.964 bits per heavy atom. The molecule has 138 valence electrons. The Balaban J connectivity index is 1.42.